The van der Waals surface area contributed by atoms with Crippen LogP contribution in [0.4, 0.5) is 0 Å². The number of aromatic nitrogens is 3. The molecule has 1 amide bonds. The van der Waals surface area contributed by atoms with Gasteiger partial charge in [0.2, 0.25) is 5.82 Å². The molecule has 0 saturated carbocycles. The van der Waals surface area contributed by atoms with Crippen molar-refractivity contribution in [3.63, 3.8) is 0 Å². The first-order valence-corrected chi connectivity index (χ1v) is 6.56. The van der Waals surface area contributed by atoms with Gasteiger partial charge in [-0.1, -0.05) is 20.8 Å². The van der Waals surface area contributed by atoms with E-state index in [-0.39, 0.29) is 17.6 Å². The summed E-state index contributed by atoms with van der Waals surface area (Å²) in [6.45, 7) is 6.68. The Hall–Kier alpha value is -1.04. The van der Waals surface area contributed by atoms with Crippen molar-refractivity contribution in [2.75, 3.05) is 12.8 Å². The van der Waals surface area contributed by atoms with Gasteiger partial charge in [0.1, 0.15) is 5.82 Å². The van der Waals surface area contributed by atoms with Gasteiger partial charge in [-0.25, -0.2) is 4.98 Å². The van der Waals surface area contributed by atoms with Crippen LogP contribution in [0.5, 0.6) is 0 Å². The summed E-state index contributed by atoms with van der Waals surface area (Å²) in [6, 6.07) is 0. The molecule has 0 aliphatic rings. The predicted molar refractivity (Wildman–Crippen MR) is 65.8 cm³/mol. The summed E-state index contributed by atoms with van der Waals surface area (Å²) in [5.41, 5.74) is 0. The van der Waals surface area contributed by atoms with Crippen LogP contribution in [-0.2, 0) is 0 Å². The quantitative estimate of drug-likeness (QED) is 0.819. The highest BCUT2D eigenvalue weighted by molar-refractivity contribution is 7.99. The van der Waals surface area contributed by atoms with E-state index in [1.165, 1.54) is 0 Å². The molecule has 1 aromatic rings. The SMILES string of the molecule is CSC(C)CNC(=O)c1n[nH]c(C(C)C)n1. The third-order valence-electron chi connectivity index (χ3n) is 2.21. The first-order valence-electron chi connectivity index (χ1n) is 5.28. The van der Waals surface area contributed by atoms with Gasteiger partial charge in [0.05, 0.1) is 0 Å². The van der Waals surface area contributed by atoms with E-state index in [9.17, 15) is 4.79 Å². The number of H-pyrrole nitrogens is 1. The minimum absolute atomic E-state index is 0.218. The van der Waals surface area contributed by atoms with Gasteiger partial charge in [0.25, 0.3) is 5.91 Å². The molecule has 0 aliphatic carbocycles. The second-order valence-corrected chi connectivity index (χ2v) is 5.23. The zero-order valence-electron chi connectivity index (χ0n) is 10.1. The Bertz CT molecular complexity index is 350. The topological polar surface area (TPSA) is 70.7 Å². The first-order chi connectivity index (χ1) is 7.54. The van der Waals surface area contributed by atoms with Crippen molar-refractivity contribution in [1.82, 2.24) is 20.5 Å². The fraction of sp³-hybridized carbons (Fsp3) is 0.700. The molecule has 1 rings (SSSR count). The third-order valence-corrected chi connectivity index (χ3v) is 3.18. The van der Waals surface area contributed by atoms with Crippen molar-refractivity contribution < 1.29 is 4.79 Å². The summed E-state index contributed by atoms with van der Waals surface area (Å²) in [4.78, 5) is 15.8. The van der Waals surface area contributed by atoms with Gasteiger partial charge in [0, 0.05) is 17.7 Å². The van der Waals surface area contributed by atoms with E-state index in [1.54, 1.807) is 11.8 Å². The third kappa shape index (κ3) is 3.52. The van der Waals surface area contributed by atoms with Crippen LogP contribution in [0.15, 0.2) is 0 Å². The number of nitrogens with zero attached hydrogens (tertiary/aromatic N) is 2. The normalized spacial score (nSPS) is 12.8. The van der Waals surface area contributed by atoms with Crippen molar-refractivity contribution in [3.8, 4) is 0 Å². The fourth-order valence-electron chi connectivity index (χ4n) is 1.03. The maximum Gasteiger partial charge on any atom is 0.290 e. The molecule has 1 unspecified atom stereocenters. The van der Waals surface area contributed by atoms with Gasteiger partial charge >= 0.3 is 0 Å². The predicted octanol–water partition coefficient (Wildman–Crippen LogP) is 1.41. The smallest absolute Gasteiger partial charge is 0.290 e. The lowest BCUT2D eigenvalue weighted by Crippen LogP contribution is -2.30. The van der Waals surface area contributed by atoms with Gasteiger partial charge in [-0.2, -0.15) is 11.8 Å². The molecule has 0 spiro atoms. The van der Waals surface area contributed by atoms with Crippen LogP contribution in [0.2, 0.25) is 0 Å². The van der Waals surface area contributed by atoms with E-state index < -0.39 is 0 Å². The Kier molecular flexibility index (Phi) is 4.79. The number of rotatable bonds is 5. The number of hydrogen-bond acceptors (Lipinski definition) is 4. The second kappa shape index (κ2) is 5.89. The summed E-state index contributed by atoms with van der Waals surface area (Å²) in [5.74, 6) is 0.989. The lowest BCUT2D eigenvalue weighted by atomic mass is 10.2. The van der Waals surface area contributed by atoms with Gasteiger partial charge < -0.3 is 5.32 Å². The van der Waals surface area contributed by atoms with E-state index in [1.807, 2.05) is 20.1 Å². The molecule has 90 valence electrons. The van der Waals surface area contributed by atoms with E-state index in [2.05, 4.69) is 27.4 Å². The van der Waals surface area contributed by atoms with Crippen LogP contribution in [0.1, 0.15) is 43.1 Å². The maximum atomic E-state index is 11.6. The molecule has 0 bridgehead atoms. The van der Waals surface area contributed by atoms with Crippen molar-refractivity contribution >= 4 is 17.7 Å². The van der Waals surface area contributed by atoms with E-state index >= 15 is 0 Å². The average Bonchev–Trinajstić information content (AvgIpc) is 2.74. The minimum atomic E-state index is -0.218. The minimum Gasteiger partial charge on any atom is -0.348 e. The number of amides is 1. The molecule has 1 aromatic heterocycles. The van der Waals surface area contributed by atoms with Crippen LogP contribution in [0, 0.1) is 0 Å². The zero-order chi connectivity index (χ0) is 12.1. The molecule has 0 aromatic carbocycles. The molecular weight excluding hydrogens is 224 g/mol. The Morgan fingerprint density at radius 2 is 2.19 bits per heavy atom. The van der Waals surface area contributed by atoms with Crippen LogP contribution in [0.25, 0.3) is 0 Å². The molecular formula is C10H18N4OS. The number of aromatic amines is 1. The van der Waals surface area contributed by atoms with Crippen LogP contribution >= 0.6 is 11.8 Å². The number of nitrogens with one attached hydrogen (secondary N) is 2. The maximum absolute atomic E-state index is 11.6. The van der Waals surface area contributed by atoms with Gasteiger partial charge in [-0.3, -0.25) is 9.89 Å². The molecule has 1 heterocycles. The Labute approximate surface area is 99.8 Å². The number of carbonyl (C=O) groups is 1. The van der Waals surface area contributed by atoms with Crippen molar-refractivity contribution in [1.29, 1.82) is 0 Å². The van der Waals surface area contributed by atoms with Crippen molar-refractivity contribution in [2.45, 2.75) is 31.9 Å². The molecule has 0 aliphatic heterocycles. The van der Waals surface area contributed by atoms with Crippen LogP contribution in [-0.4, -0.2) is 39.1 Å². The standard InChI is InChI=1S/C10H18N4OS/c1-6(2)8-12-9(14-13-8)10(15)11-5-7(3)16-4/h6-7H,5H2,1-4H3,(H,11,15)(H,12,13,14). The summed E-state index contributed by atoms with van der Waals surface area (Å²) < 4.78 is 0. The molecule has 0 radical (unpaired) electrons. The van der Waals surface area contributed by atoms with Gasteiger partial charge in [0.15, 0.2) is 0 Å². The first kappa shape index (κ1) is 13.0. The molecule has 0 saturated heterocycles. The summed E-state index contributed by atoms with van der Waals surface area (Å²) in [5, 5.41) is 9.84. The summed E-state index contributed by atoms with van der Waals surface area (Å²) in [6.07, 6.45) is 2.01. The number of carbonyl (C=O) groups excluding carboxylic acids is 1. The zero-order valence-corrected chi connectivity index (χ0v) is 10.9. The van der Waals surface area contributed by atoms with Crippen LogP contribution in [0.3, 0.4) is 0 Å². The molecule has 0 fully saturated rings. The molecule has 5 nitrogen and oxygen atoms in total. The largest absolute Gasteiger partial charge is 0.348 e. The summed E-state index contributed by atoms with van der Waals surface area (Å²) in [7, 11) is 0. The fourth-order valence-corrected chi connectivity index (χ4v) is 1.28. The summed E-state index contributed by atoms with van der Waals surface area (Å²) >= 11 is 1.71. The van der Waals surface area contributed by atoms with Crippen LogP contribution < -0.4 is 5.32 Å². The lowest BCUT2D eigenvalue weighted by molar-refractivity contribution is 0.0944. The molecule has 1 atom stereocenters. The van der Waals surface area contributed by atoms with Gasteiger partial charge in [-0.05, 0) is 6.26 Å². The highest BCUT2D eigenvalue weighted by Gasteiger charge is 2.14. The highest BCUT2D eigenvalue weighted by Crippen LogP contribution is 2.07. The van der Waals surface area contributed by atoms with E-state index in [4.69, 9.17) is 0 Å². The highest BCUT2D eigenvalue weighted by atomic mass is 32.2. The Balaban J connectivity index is 2.53. The Morgan fingerprint density at radius 1 is 1.50 bits per heavy atom. The molecule has 2 N–H and O–H groups in total. The van der Waals surface area contributed by atoms with Gasteiger partial charge in [-0.15, -0.1) is 5.10 Å². The van der Waals surface area contributed by atoms with E-state index in [0.717, 1.165) is 5.82 Å². The van der Waals surface area contributed by atoms with E-state index in [0.29, 0.717) is 11.8 Å². The Morgan fingerprint density at radius 3 is 2.69 bits per heavy atom. The second-order valence-electron chi connectivity index (χ2n) is 3.96. The lowest BCUT2D eigenvalue weighted by Gasteiger charge is -2.07. The number of hydrogen-bond donors (Lipinski definition) is 2. The van der Waals surface area contributed by atoms with Crippen molar-refractivity contribution in [3.05, 3.63) is 11.6 Å². The number of thioether (sulfide) groups is 1. The monoisotopic (exact) mass is 242 g/mol. The average molecular weight is 242 g/mol. The molecule has 6 heteroatoms. The molecule has 16 heavy (non-hydrogen) atoms. The van der Waals surface area contributed by atoms with Crippen molar-refractivity contribution in [2.24, 2.45) is 0 Å².